The molecular weight excluding hydrogens is 681 g/mol. The van der Waals surface area contributed by atoms with Crippen molar-refractivity contribution in [3.05, 3.63) is 12.2 Å². The van der Waals surface area contributed by atoms with Crippen LogP contribution in [0.25, 0.3) is 0 Å². The van der Waals surface area contributed by atoms with Crippen molar-refractivity contribution in [1.82, 2.24) is 0 Å². The van der Waals surface area contributed by atoms with E-state index in [4.69, 9.17) is 29.4 Å². The van der Waals surface area contributed by atoms with Crippen molar-refractivity contribution >= 4 is 19.8 Å². The van der Waals surface area contributed by atoms with Crippen LogP contribution >= 0.6 is 7.82 Å². The van der Waals surface area contributed by atoms with Crippen LogP contribution in [0, 0.1) is 0 Å². The summed E-state index contributed by atoms with van der Waals surface area (Å²) >= 11 is 0. The second-order valence-corrected chi connectivity index (χ2v) is 15.9. The van der Waals surface area contributed by atoms with E-state index in [-0.39, 0.29) is 13.0 Å². The number of carbonyl (C=O) groups is 2. The summed E-state index contributed by atoms with van der Waals surface area (Å²) < 4.78 is 33.3. The SMILES string of the molecule is CCCCCCCC/C=C\CCCCCCCC(=O)OC(COCCCCCCCCCCCCCCCCC)COP(=O)(O)OCC(N)C(=O)O. The average Bonchev–Trinajstić information content (AvgIpc) is 3.12. The number of hydrogen-bond acceptors (Lipinski definition) is 8. The second-order valence-electron chi connectivity index (χ2n) is 14.5. The molecule has 52 heavy (non-hydrogen) atoms. The zero-order valence-corrected chi connectivity index (χ0v) is 34.3. The molecule has 3 atom stereocenters. The number of nitrogens with two attached hydrogens (primary N) is 1. The highest BCUT2D eigenvalue weighted by Gasteiger charge is 2.27. The van der Waals surface area contributed by atoms with E-state index < -0.39 is 45.1 Å². The zero-order chi connectivity index (χ0) is 38.4. The van der Waals surface area contributed by atoms with Gasteiger partial charge in [-0.15, -0.1) is 0 Å². The molecule has 3 unspecified atom stereocenters. The Hall–Kier alpha value is -1.29. The van der Waals surface area contributed by atoms with Crippen LogP contribution < -0.4 is 5.73 Å². The lowest BCUT2D eigenvalue weighted by molar-refractivity contribution is -0.154. The lowest BCUT2D eigenvalue weighted by atomic mass is 10.0. The Labute approximate surface area is 318 Å². The summed E-state index contributed by atoms with van der Waals surface area (Å²) in [5.74, 6) is -1.78. The summed E-state index contributed by atoms with van der Waals surface area (Å²) in [6.07, 6.45) is 38.3. The predicted octanol–water partition coefficient (Wildman–Crippen LogP) is 11.4. The van der Waals surface area contributed by atoms with Crippen molar-refractivity contribution < 1.29 is 42.7 Å². The lowest BCUT2D eigenvalue weighted by Gasteiger charge is -2.20. The van der Waals surface area contributed by atoms with E-state index in [1.807, 2.05) is 0 Å². The molecule has 308 valence electrons. The molecule has 0 spiro atoms. The number of ether oxygens (including phenoxy) is 2. The minimum absolute atomic E-state index is 0.0192. The molecule has 0 rings (SSSR count). The van der Waals surface area contributed by atoms with Gasteiger partial charge in [0.05, 0.1) is 19.8 Å². The van der Waals surface area contributed by atoms with Gasteiger partial charge in [-0.3, -0.25) is 18.6 Å². The molecule has 0 heterocycles. The maximum atomic E-state index is 12.6. The molecule has 10 nitrogen and oxygen atoms in total. The first-order valence-electron chi connectivity index (χ1n) is 21.2. The number of hydrogen-bond donors (Lipinski definition) is 3. The quantitative estimate of drug-likeness (QED) is 0.0237. The van der Waals surface area contributed by atoms with Crippen LogP contribution in [0.2, 0.25) is 0 Å². The highest BCUT2D eigenvalue weighted by atomic mass is 31.2. The second kappa shape index (κ2) is 38.0. The summed E-state index contributed by atoms with van der Waals surface area (Å²) in [5, 5.41) is 8.88. The van der Waals surface area contributed by atoms with Gasteiger partial charge in [-0.2, -0.15) is 0 Å². The van der Waals surface area contributed by atoms with Crippen molar-refractivity contribution in [1.29, 1.82) is 0 Å². The van der Waals surface area contributed by atoms with E-state index in [2.05, 4.69) is 26.0 Å². The lowest BCUT2D eigenvalue weighted by Crippen LogP contribution is -2.34. The number of phosphoric acid groups is 1. The van der Waals surface area contributed by atoms with Crippen molar-refractivity contribution in [2.24, 2.45) is 5.73 Å². The fourth-order valence-electron chi connectivity index (χ4n) is 5.95. The summed E-state index contributed by atoms with van der Waals surface area (Å²) in [6, 6.07) is -1.47. The van der Waals surface area contributed by atoms with Gasteiger partial charge in [0.25, 0.3) is 0 Å². The molecule has 0 aromatic rings. The standard InChI is InChI=1S/C41H80NO9P/c1-3-5-7-9-11-13-15-17-19-21-23-25-27-29-31-33-40(43)51-38(36-49-52(46,47)50-37-39(42)41(44)45)35-48-34-32-30-28-26-24-22-20-18-16-14-12-10-8-6-4-2/h17,19,38-39H,3-16,18,20-37,42H2,1-2H3,(H,44,45)(H,46,47)/b19-17-. The summed E-state index contributed by atoms with van der Waals surface area (Å²) in [5.41, 5.74) is 5.35. The number of allylic oxidation sites excluding steroid dienone is 2. The van der Waals surface area contributed by atoms with Crippen molar-refractivity contribution in [3.63, 3.8) is 0 Å². The van der Waals surface area contributed by atoms with Gasteiger partial charge in [0.2, 0.25) is 0 Å². The van der Waals surface area contributed by atoms with Gasteiger partial charge in [-0.25, -0.2) is 4.57 Å². The van der Waals surface area contributed by atoms with Gasteiger partial charge < -0.3 is 25.2 Å². The minimum atomic E-state index is -4.61. The molecule has 11 heteroatoms. The largest absolute Gasteiger partial charge is 0.480 e. The monoisotopic (exact) mass is 762 g/mol. The van der Waals surface area contributed by atoms with E-state index in [0.29, 0.717) is 13.0 Å². The maximum Gasteiger partial charge on any atom is 0.472 e. The van der Waals surface area contributed by atoms with Crippen molar-refractivity contribution in [2.75, 3.05) is 26.4 Å². The number of carbonyl (C=O) groups excluding carboxylic acids is 1. The van der Waals surface area contributed by atoms with E-state index in [1.54, 1.807) is 0 Å². The molecule has 0 saturated heterocycles. The molecule has 0 aromatic carbocycles. The molecule has 0 saturated carbocycles. The smallest absolute Gasteiger partial charge is 0.472 e. The Kier molecular flexibility index (Phi) is 37.1. The number of phosphoric ester groups is 1. The maximum absolute atomic E-state index is 12.6. The number of carboxylic acid groups (broad SMARTS) is 1. The van der Waals surface area contributed by atoms with Crippen LogP contribution in [-0.2, 0) is 32.7 Å². The summed E-state index contributed by atoms with van der Waals surface area (Å²) in [4.78, 5) is 33.5. The molecule has 0 aliphatic rings. The van der Waals surface area contributed by atoms with E-state index in [1.165, 1.54) is 122 Å². The fourth-order valence-corrected chi connectivity index (χ4v) is 6.73. The van der Waals surface area contributed by atoms with Crippen LogP contribution in [0.15, 0.2) is 12.2 Å². The van der Waals surface area contributed by atoms with E-state index in [9.17, 15) is 19.0 Å². The number of aliphatic carboxylic acids is 1. The van der Waals surface area contributed by atoms with Crippen LogP contribution in [0.1, 0.15) is 200 Å². The van der Waals surface area contributed by atoms with E-state index >= 15 is 0 Å². The molecule has 0 aliphatic heterocycles. The van der Waals surface area contributed by atoms with Gasteiger partial charge in [0, 0.05) is 13.0 Å². The highest BCUT2D eigenvalue weighted by molar-refractivity contribution is 7.47. The third kappa shape index (κ3) is 37.0. The first-order chi connectivity index (χ1) is 25.2. The molecular formula is C41H80NO9P. The number of unbranched alkanes of at least 4 members (excludes halogenated alkanes) is 25. The Morgan fingerprint density at radius 3 is 1.46 bits per heavy atom. The van der Waals surface area contributed by atoms with Crippen LogP contribution in [0.4, 0.5) is 0 Å². The Balaban J connectivity index is 4.24. The van der Waals surface area contributed by atoms with Gasteiger partial charge >= 0.3 is 19.8 Å². The molecule has 0 aliphatic carbocycles. The van der Waals surface area contributed by atoms with Crippen molar-refractivity contribution in [3.8, 4) is 0 Å². The average molecular weight is 762 g/mol. The summed E-state index contributed by atoms with van der Waals surface area (Å²) in [7, 11) is -4.61. The van der Waals surface area contributed by atoms with Gasteiger partial charge in [0.15, 0.2) is 0 Å². The minimum Gasteiger partial charge on any atom is -0.480 e. The third-order valence-corrected chi connectivity index (χ3v) is 10.2. The number of rotatable bonds is 41. The zero-order valence-electron chi connectivity index (χ0n) is 33.4. The third-order valence-electron chi connectivity index (χ3n) is 9.29. The molecule has 0 bridgehead atoms. The first-order valence-corrected chi connectivity index (χ1v) is 22.7. The molecule has 4 N–H and O–H groups in total. The molecule has 0 radical (unpaired) electrons. The Bertz CT molecular complexity index is 888. The highest BCUT2D eigenvalue weighted by Crippen LogP contribution is 2.43. The van der Waals surface area contributed by atoms with Crippen LogP contribution in [-0.4, -0.2) is 60.5 Å². The molecule has 0 amide bonds. The first kappa shape index (κ1) is 50.7. The fraction of sp³-hybridized carbons (Fsp3) is 0.902. The summed E-state index contributed by atoms with van der Waals surface area (Å²) in [6.45, 7) is 3.89. The Morgan fingerprint density at radius 2 is 1.00 bits per heavy atom. The van der Waals surface area contributed by atoms with Crippen molar-refractivity contribution in [2.45, 2.75) is 212 Å². The van der Waals surface area contributed by atoms with Crippen LogP contribution in [0.3, 0.4) is 0 Å². The van der Waals surface area contributed by atoms with Gasteiger partial charge in [-0.05, 0) is 38.5 Å². The number of esters is 1. The van der Waals surface area contributed by atoms with Gasteiger partial charge in [0.1, 0.15) is 12.1 Å². The normalized spacial score (nSPS) is 14.1. The van der Waals surface area contributed by atoms with E-state index in [0.717, 1.165) is 51.4 Å². The predicted molar refractivity (Wildman–Crippen MR) is 212 cm³/mol. The number of carboxylic acids is 1. The Morgan fingerprint density at radius 1 is 0.596 bits per heavy atom. The van der Waals surface area contributed by atoms with Gasteiger partial charge in [-0.1, -0.05) is 167 Å². The topological polar surface area (TPSA) is 155 Å². The molecule has 0 aromatic heterocycles. The van der Waals surface area contributed by atoms with Crippen LogP contribution in [0.5, 0.6) is 0 Å². The molecule has 0 fully saturated rings.